The van der Waals surface area contributed by atoms with Crippen LogP contribution in [0.2, 0.25) is 0 Å². The Morgan fingerprint density at radius 3 is 2.38 bits per heavy atom. The van der Waals surface area contributed by atoms with Gasteiger partial charge in [-0.25, -0.2) is 4.68 Å². The van der Waals surface area contributed by atoms with Crippen LogP contribution < -0.4 is 21.2 Å². The molecule has 1 unspecified atom stereocenters. The van der Waals surface area contributed by atoms with Gasteiger partial charge in [-0.15, -0.1) is 0 Å². The van der Waals surface area contributed by atoms with Crippen molar-refractivity contribution in [3.8, 4) is 5.75 Å². The third kappa shape index (κ3) is 4.88. The molecular weight excluding hydrogens is 438 g/mol. The van der Waals surface area contributed by atoms with Crippen molar-refractivity contribution in [2.45, 2.75) is 12.6 Å². The third-order valence-electron chi connectivity index (χ3n) is 5.10. The number of methoxy groups -OCH3 is 1. The summed E-state index contributed by atoms with van der Waals surface area (Å²) in [5.41, 5.74) is -0.172. The fourth-order valence-corrected chi connectivity index (χ4v) is 3.47. The molecule has 1 heterocycles. The summed E-state index contributed by atoms with van der Waals surface area (Å²) < 4.78 is 11.5. The normalized spacial score (nSPS) is 11.6. The van der Waals surface area contributed by atoms with Gasteiger partial charge in [-0.2, -0.15) is 0 Å². The van der Waals surface area contributed by atoms with E-state index in [4.69, 9.17) is 9.47 Å². The zero-order valence-corrected chi connectivity index (χ0v) is 18.2. The van der Waals surface area contributed by atoms with E-state index in [2.05, 4.69) is 10.4 Å². The highest BCUT2D eigenvalue weighted by atomic mass is 16.5. The maximum Gasteiger partial charge on any atom is 0.328 e. The second kappa shape index (κ2) is 9.86. The first-order chi connectivity index (χ1) is 16.5. The predicted molar refractivity (Wildman–Crippen MR) is 126 cm³/mol. The van der Waals surface area contributed by atoms with E-state index in [0.717, 1.165) is 4.68 Å². The molecule has 34 heavy (non-hydrogen) atoms. The van der Waals surface area contributed by atoms with Gasteiger partial charge in [0.1, 0.15) is 12.3 Å². The fraction of sp³-hybridized carbons (Fsp3) is 0.120. The monoisotopic (exact) mass is 459 g/mol. The summed E-state index contributed by atoms with van der Waals surface area (Å²) in [6.07, 6.45) is -1.29. The number of aromatic nitrogens is 2. The Kier molecular flexibility index (Phi) is 6.54. The first kappa shape index (κ1) is 22.5. The van der Waals surface area contributed by atoms with Crippen LogP contribution in [0.5, 0.6) is 5.75 Å². The van der Waals surface area contributed by atoms with Crippen LogP contribution in [0.3, 0.4) is 0 Å². The summed E-state index contributed by atoms with van der Waals surface area (Å²) in [6.45, 7) is -0.575. The van der Waals surface area contributed by atoms with Crippen LogP contribution in [-0.2, 0) is 20.9 Å². The number of ether oxygens (including phenoxy) is 2. The SMILES string of the molecule is COc1cccc(NC(=O)C(OC(=O)Cn2[nH]c(=O)c3ccccc3c2=O)c2ccccc2)c1. The summed E-state index contributed by atoms with van der Waals surface area (Å²) >= 11 is 0. The number of benzene rings is 3. The molecule has 4 aromatic rings. The Morgan fingerprint density at radius 1 is 0.941 bits per heavy atom. The van der Waals surface area contributed by atoms with Gasteiger partial charge in [0.2, 0.25) is 6.10 Å². The first-order valence-electron chi connectivity index (χ1n) is 10.4. The maximum absolute atomic E-state index is 13.0. The molecule has 1 amide bonds. The molecule has 9 nitrogen and oxygen atoms in total. The average molecular weight is 459 g/mol. The quantitative estimate of drug-likeness (QED) is 0.410. The summed E-state index contributed by atoms with van der Waals surface area (Å²) in [4.78, 5) is 50.8. The van der Waals surface area contributed by atoms with Gasteiger partial charge in [-0.3, -0.25) is 24.3 Å². The molecule has 9 heteroatoms. The Morgan fingerprint density at radius 2 is 1.65 bits per heavy atom. The van der Waals surface area contributed by atoms with Gasteiger partial charge < -0.3 is 14.8 Å². The van der Waals surface area contributed by atoms with E-state index in [1.807, 2.05) is 0 Å². The van der Waals surface area contributed by atoms with E-state index in [-0.39, 0.29) is 10.8 Å². The average Bonchev–Trinajstić information content (AvgIpc) is 2.86. The molecule has 3 aromatic carbocycles. The number of rotatable bonds is 7. The second-order valence-electron chi connectivity index (χ2n) is 7.38. The Bertz CT molecular complexity index is 1460. The van der Waals surface area contributed by atoms with E-state index < -0.39 is 35.6 Å². The molecule has 0 radical (unpaired) electrons. The number of anilines is 1. The minimum Gasteiger partial charge on any atom is -0.497 e. The number of esters is 1. The predicted octanol–water partition coefficient (Wildman–Crippen LogP) is 2.62. The standard InChI is InChI=1S/C25H21N3O6/c1-33-18-11-7-10-17(14-18)26-24(31)22(16-8-3-2-4-9-16)34-21(29)15-28-25(32)20-13-6-5-12-19(20)23(30)27-28/h2-14,22H,15H2,1H3,(H,26,31)(H,27,30). The lowest BCUT2D eigenvalue weighted by Crippen LogP contribution is -2.34. The van der Waals surface area contributed by atoms with Gasteiger partial charge in [0.15, 0.2) is 0 Å². The number of nitrogens with zero attached hydrogens (tertiary/aromatic N) is 1. The largest absolute Gasteiger partial charge is 0.497 e. The summed E-state index contributed by atoms with van der Waals surface area (Å²) in [7, 11) is 1.51. The highest BCUT2D eigenvalue weighted by Gasteiger charge is 2.26. The van der Waals surface area contributed by atoms with E-state index in [0.29, 0.717) is 17.0 Å². The van der Waals surface area contributed by atoms with Gasteiger partial charge in [-0.1, -0.05) is 48.5 Å². The maximum atomic E-state index is 13.0. The molecule has 0 fully saturated rings. The van der Waals surface area contributed by atoms with Crippen LogP contribution in [-0.4, -0.2) is 28.8 Å². The molecule has 4 rings (SSSR count). The minimum absolute atomic E-state index is 0.175. The Balaban J connectivity index is 1.58. The van der Waals surface area contributed by atoms with Crippen molar-refractivity contribution in [3.63, 3.8) is 0 Å². The molecule has 0 aliphatic heterocycles. The first-order valence-corrected chi connectivity index (χ1v) is 10.4. The summed E-state index contributed by atoms with van der Waals surface area (Å²) in [5.74, 6) is -0.916. The van der Waals surface area contributed by atoms with Crippen LogP contribution in [0, 0.1) is 0 Å². The van der Waals surface area contributed by atoms with Gasteiger partial charge in [-0.05, 0) is 24.3 Å². The van der Waals surface area contributed by atoms with Crippen molar-refractivity contribution in [2.24, 2.45) is 0 Å². The number of hydrogen-bond acceptors (Lipinski definition) is 6. The van der Waals surface area contributed by atoms with Gasteiger partial charge in [0.25, 0.3) is 17.0 Å². The molecule has 2 N–H and O–H groups in total. The van der Waals surface area contributed by atoms with Crippen LogP contribution in [0.15, 0.2) is 88.5 Å². The van der Waals surface area contributed by atoms with E-state index >= 15 is 0 Å². The lowest BCUT2D eigenvalue weighted by molar-refractivity contribution is -0.155. The Labute approximate surface area is 193 Å². The number of carbonyl (C=O) groups excluding carboxylic acids is 2. The van der Waals surface area contributed by atoms with Crippen molar-refractivity contribution >= 4 is 28.3 Å². The van der Waals surface area contributed by atoms with Crippen molar-refractivity contribution < 1.29 is 19.1 Å². The van der Waals surface area contributed by atoms with Crippen molar-refractivity contribution in [2.75, 3.05) is 12.4 Å². The number of H-pyrrole nitrogens is 1. The molecule has 0 aliphatic rings. The minimum atomic E-state index is -1.29. The molecule has 0 aliphatic carbocycles. The van der Waals surface area contributed by atoms with Crippen molar-refractivity contribution in [1.82, 2.24) is 9.78 Å². The number of aromatic amines is 1. The van der Waals surface area contributed by atoms with Gasteiger partial charge in [0.05, 0.1) is 17.9 Å². The third-order valence-corrected chi connectivity index (χ3v) is 5.10. The van der Waals surface area contributed by atoms with Gasteiger partial charge >= 0.3 is 5.97 Å². The fourth-order valence-electron chi connectivity index (χ4n) is 3.47. The lowest BCUT2D eigenvalue weighted by atomic mass is 10.1. The number of nitrogens with one attached hydrogen (secondary N) is 2. The van der Waals surface area contributed by atoms with Crippen LogP contribution in [0.4, 0.5) is 5.69 Å². The highest BCUT2D eigenvalue weighted by Crippen LogP contribution is 2.22. The number of fused-ring (bicyclic) bond motifs is 1. The van der Waals surface area contributed by atoms with E-state index in [1.54, 1.807) is 66.7 Å². The van der Waals surface area contributed by atoms with E-state index in [1.165, 1.54) is 19.2 Å². The molecule has 0 spiro atoms. The zero-order chi connectivity index (χ0) is 24.1. The van der Waals surface area contributed by atoms with Crippen LogP contribution in [0.1, 0.15) is 11.7 Å². The molecular formula is C25H21N3O6. The van der Waals surface area contributed by atoms with Gasteiger partial charge in [0, 0.05) is 17.3 Å². The number of amides is 1. The lowest BCUT2D eigenvalue weighted by Gasteiger charge is -2.18. The molecule has 0 bridgehead atoms. The summed E-state index contributed by atoms with van der Waals surface area (Å²) in [5, 5.41) is 5.48. The van der Waals surface area contributed by atoms with Crippen LogP contribution >= 0.6 is 0 Å². The molecule has 172 valence electrons. The Hall–Kier alpha value is -4.66. The summed E-state index contributed by atoms with van der Waals surface area (Å²) in [6, 6.07) is 21.5. The van der Waals surface area contributed by atoms with E-state index in [9.17, 15) is 19.2 Å². The molecule has 1 atom stereocenters. The zero-order valence-electron chi connectivity index (χ0n) is 18.2. The molecule has 1 aromatic heterocycles. The number of carbonyl (C=O) groups is 2. The smallest absolute Gasteiger partial charge is 0.328 e. The number of hydrogen-bond donors (Lipinski definition) is 2. The van der Waals surface area contributed by atoms with Crippen LogP contribution in [0.25, 0.3) is 10.8 Å². The molecule has 0 saturated heterocycles. The van der Waals surface area contributed by atoms with Crippen molar-refractivity contribution in [1.29, 1.82) is 0 Å². The molecule has 0 saturated carbocycles. The van der Waals surface area contributed by atoms with Crippen molar-refractivity contribution in [3.05, 3.63) is 105 Å². The topological polar surface area (TPSA) is 119 Å². The highest BCUT2D eigenvalue weighted by molar-refractivity contribution is 5.96. The second-order valence-corrected chi connectivity index (χ2v) is 7.38.